The van der Waals surface area contributed by atoms with Crippen molar-refractivity contribution in [3.63, 3.8) is 0 Å². The normalized spacial score (nSPS) is 10.3. The molecule has 1 aromatic carbocycles. The summed E-state index contributed by atoms with van der Waals surface area (Å²) in [6.45, 7) is 0. The number of phenols is 1. The standard InChI is InChI=1S/C8H6N2O2/c11-7-2-1-6-4-9-5-10(12)8(6)3-7/h1-5,11H. The van der Waals surface area contributed by atoms with Gasteiger partial charge < -0.3 is 10.3 Å². The largest absolute Gasteiger partial charge is 0.710 e. The fraction of sp³-hybridized carbons (Fsp3) is 0. The highest BCUT2D eigenvalue weighted by Crippen LogP contribution is 2.14. The van der Waals surface area contributed by atoms with Crippen molar-refractivity contribution in [1.29, 1.82) is 0 Å². The monoisotopic (exact) mass is 162 g/mol. The van der Waals surface area contributed by atoms with Gasteiger partial charge in [-0.05, 0) is 12.1 Å². The molecule has 0 amide bonds. The van der Waals surface area contributed by atoms with Crippen LogP contribution in [0.2, 0.25) is 0 Å². The van der Waals surface area contributed by atoms with Gasteiger partial charge in [0.15, 0.2) is 6.20 Å². The van der Waals surface area contributed by atoms with E-state index in [-0.39, 0.29) is 5.75 Å². The predicted molar refractivity (Wildman–Crippen MR) is 42.4 cm³/mol. The molecule has 60 valence electrons. The van der Waals surface area contributed by atoms with Crippen LogP contribution in [0, 0.1) is 5.21 Å². The minimum atomic E-state index is 0.0818. The second-order valence-electron chi connectivity index (χ2n) is 2.46. The molecule has 0 atom stereocenters. The zero-order valence-electron chi connectivity index (χ0n) is 6.14. The van der Waals surface area contributed by atoms with Gasteiger partial charge >= 0.3 is 0 Å². The molecule has 2 rings (SSSR count). The molecule has 0 unspecified atom stereocenters. The first kappa shape index (κ1) is 6.84. The maximum Gasteiger partial charge on any atom is 0.289 e. The van der Waals surface area contributed by atoms with E-state index in [9.17, 15) is 5.21 Å². The molecule has 4 heteroatoms. The molecular formula is C8H6N2O2. The first-order valence-electron chi connectivity index (χ1n) is 3.43. The quantitative estimate of drug-likeness (QED) is 0.455. The lowest BCUT2D eigenvalue weighted by atomic mass is 10.2. The van der Waals surface area contributed by atoms with Crippen molar-refractivity contribution in [2.45, 2.75) is 0 Å². The molecule has 1 heterocycles. The van der Waals surface area contributed by atoms with Gasteiger partial charge in [0.25, 0.3) is 6.33 Å². The predicted octanol–water partition coefficient (Wildman–Crippen LogP) is 0.574. The summed E-state index contributed by atoms with van der Waals surface area (Å²) < 4.78 is 0.620. The summed E-state index contributed by atoms with van der Waals surface area (Å²) in [7, 11) is 0. The molecule has 0 aliphatic carbocycles. The van der Waals surface area contributed by atoms with E-state index in [0.717, 1.165) is 6.33 Å². The Morgan fingerprint density at radius 2 is 2.25 bits per heavy atom. The molecule has 0 spiro atoms. The Bertz CT molecular complexity index is 428. The van der Waals surface area contributed by atoms with E-state index in [2.05, 4.69) is 4.98 Å². The lowest BCUT2D eigenvalue weighted by Gasteiger charge is -2.02. The first-order valence-corrected chi connectivity index (χ1v) is 3.43. The number of hydrogen-bond acceptors (Lipinski definition) is 3. The molecule has 2 aromatic rings. The Labute approximate surface area is 68.3 Å². The van der Waals surface area contributed by atoms with Crippen LogP contribution in [0.4, 0.5) is 0 Å². The molecule has 1 N–H and O–H groups in total. The van der Waals surface area contributed by atoms with Crippen molar-refractivity contribution in [2.75, 3.05) is 0 Å². The van der Waals surface area contributed by atoms with E-state index >= 15 is 0 Å². The third-order valence-corrected chi connectivity index (χ3v) is 1.64. The van der Waals surface area contributed by atoms with Crippen LogP contribution in [0.1, 0.15) is 0 Å². The molecule has 1 aromatic heterocycles. The van der Waals surface area contributed by atoms with Gasteiger partial charge in [-0.3, -0.25) is 0 Å². The van der Waals surface area contributed by atoms with Gasteiger partial charge in [-0.2, -0.15) is 0 Å². The van der Waals surface area contributed by atoms with Crippen molar-refractivity contribution >= 4 is 10.9 Å². The maximum absolute atomic E-state index is 11.1. The first-order chi connectivity index (χ1) is 5.77. The van der Waals surface area contributed by atoms with Gasteiger partial charge in [-0.15, -0.1) is 0 Å². The molecule has 0 fully saturated rings. The highest BCUT2D eigenvalue weighted by atomic mass is 16.5. The summed E-state index contributed by atoms with van der Waals surface area (Å²) in [6, 6.07) is 4.57. The smallest absolute Gasteiger partial charge is 0.289 e. The average Bonchev–Trinajstić information content (AvgIpc) is 2.07. The lowest BCUT2D eigenvalue weighted by Crippen LogP contribution is -2.26. The van der Waals surface area contributed by atoms with Gasteiger partial charge in [-0.25, -0.2) is 4.73 Å². The number of hydrogen-bond donors (Lipinski definition) is 1. The van der Waals surface area contributed by atoms with Gasteiger partial charge in [0, 0.05) is 6.07 Å². The van der Waals surface area contributed by atoms with Crippen LogP contribution in [0.5, 0.6) is 5.75 Å². The van der Waals surface area contributed by atoms with E-state index < -0.39 is 0 Å². The number of rotatable bonds is 0. The average molecular weight is 162 g/mol. The number of phenolic OH excluding ortho intramolecular Hbond substituents is 1. The molecular weight excluding hydrogens is 156 g/mol. The summed E-state index contributed by atoms with van der Waals surface area (Å²) in [5.41, 5.74) is 0.421. The van der Waals surface area contributed by atoms with Crippen LogP contribution < -0.4 is 4.73 Å². The van der Waals surface area contributed by atoms with E-state index in [4.69, 9.17) is 5.11 Å². The molecule has 0 bridgehead atoms. The fourth-order valence-corrected chi connectivity index (χ4v) is 1.07. The van der Waals surface area contributed by atoms with Gasteiger partial charge in [0.2, 0.25) is 0 Å². The maximum atomic E-state index is 11.1. The van der Waals surface area contributed by atoms with Crippen molar-refractivity contribution in [3.8, 4) is 5.75 Å². The van der Waals surface area contributed by atoms with Gasteiger partial charge in [0.1, 0.15) is 11.3 Å². The minimum absolute atomic E-state index is 0.0818. The molecule has 0 radical (unpaired) electrons. The number of benzene rings is 1. The number of aromatic nitrogens is 2. The zero-order valence-corrected chi connectivity index (χ0v) is 6.14. The molecule has 0 aliphatic rings. The van der Waals surface area contributed by atoms with Crippen LogP contribution >= 0.6 is 0 Å². The highest BCUT2D eigenvalue weighted by Gasteiger charge is 2.01. The second-order valence-corrected chi connectivity index (χ2v) is 2.46. The fourth-order valence-electron chi connectivity index (χ4n) is 1.07. The topological polar surface area (TPSA) is 60.1 Å². The minimum Gasteiger partial charge on any atom is -0.710 e. The Morgan fingerprint density at radius 1 is 1.42 bits per heavy atom. The summed E-state index contributed by atoms with van der Waals surface area (Å²) in [5.74, 6) is 0.0818. The van der Waals surface area contributed by atoms with Crippen LogP contribution in [-0.2, 0) is 0 Å². The molecule has 0 aliphatic heterocycles. The Balaban J connectivity index is 2.88. The Hall–Kier alpha value is -1.84. The summed E-state index contributed by atoms with van der Waals surface area (Å²) >= 11 is 0. The van der Waals surface area contributed by atoms with Crippen molar-refractivity contribution in [1.82, 2.24) is 4.98 Å². The summed E-state index contributed by atoms with van der Waals surface area (Å²) in [4.78, 5) is 3.71. The SMILES string of the molecule is [O-][n+]1cncc2ccc(O)cc21. The molecule has 0 saturated carbocycles. The summed E-state index contributed by atoms with van der Waals surface area (Å²) in [6.07, 6.45) is 2.73. The van der Waals surface area contributed by atoms with Crippen LogP contribution in [0.3, 0.4) is 0 Å². The summed E-state index contributed by atoms with van der Waals surface area (Å²) in [5, 5.41) is 20.9. The van der Waals surface area contributed by atoms with Crippen LogP contribution in [0.15, 0.2) is 30.7 Å². The Kier molecular flexibility index (Phi) is 1.33. The number of nitrogens with zero attached hydrogens (tertiary/aromatic N) is 2. The molecule has 0 saturated heterocycles. The molecule has 4 nitrogen and oxygen atoms in total. The van der Waals surface area contributed by atoms with E-state index in [0.29, 0.717) is 15.6 Å². The third kappa shape index (κ3) is 0.934. The van der Waals surface area contributed by atoms with Crippen LogP contribution in [0.25, 0.3) is 10.9 Å². The third-order valence-electron chi connectivity index (χ3n) is 1.64. The highest BCUT2D eigenvalue weighted by molar-refractivity contribution is 5.75. The number of fused-ring (bicyclic) bond motifs is 1. The molecule has 12 heavy (non-hydrogen) atoms. The second kappa shape index (κ2) is 2.34. The van der Waals surface area contributed by atoms with Gasteiger partial charge in [-0.1, -0.05) is 4.98 Å². The van der Waals surface area contributed by atoms with Crippen LogP contribution in [-0.4, -0.2) is 10.1 Å². The zero-order chi connectivity index (χ0) is 8.55. The van der Waals surface area contributed by atoms with Crippen molar-refractivity contribution in [2.24, 2.45) is 0 Å². The van der Waals surface area contributed by atoms with Crippen molar-refractivity contribution < 1.29 is 9.84 Å². The van der Waals surface area contributed by atoms with E-state index in [1.54, 1.807) is 12.3 Å². The van der Waals surface area contributed by atoms with Crippen molar-refractivity contribution in [3.05, 3.63) is 35.9 Å². The lowest BCUT2D eigenvalue weighted by molar-refractivity contribution is -0.580. The number of aromatic hydroxyl groups is 1. The van der Waals surface area contributed by atoms with Gasteiger partial charge in [0.05, 0.1) is 5.39 Å². The Morgan fingerprint density at radius 3 is 3.08 bits per heavy atom. The van der Waals surface area contributed by atoms with E-state index in [1.165, 1.54) is 12.1 Å². The van der Waals surface area contributed by atoms with E-state index in [1.807, 2.05) is 0 Å².